The van der Waals surface area contributed by atoms with E-state index in [1.54, 1.807) is 13.2 Å². The molecule has 0 fully saturated rings. The number of carbonyl (C=O) groups is 1. The molecule has 1 N–H and O–H groups in total. The summed E-state index contributed by atoms with van der Waals surface area (Å²) in [5.74, 6) is 1.04. The minimum atomic E-state index is -0.225. The van der Waals surface area contributed by atoms with Crippen LogP contribution in [0.2, 0.25) is 0 Å². The molecular weight excluding hydrogens is 282 g/mol. The Labute approximate surface area is 130 Å². The summed E-state index contributed by atoms with van der Waals surface area (Å²) in [6.45, 7) is 1.53. The fourth-order valence-electron chi connectivity index (χ4n) is 1.98. The number of aromatic nitrogens is 1. The second kappa shape index (κ2) is 7.61. The zero-order valence-electron chi connectivity index (χ0n) is 13.1. The number of methoxy groups -OCH3 is 1. The molecule has 0 radical (unpaired) electrons. The van der Waals surface area contributed by atoms with Crippen molar-refractivity contribution in [3.63, 3.8) is 0 Å². The van der Waals surface area contributed by atoms with Crippen molar-refractivity contribution in [2.75, 3.05) is 34.3 Å². The predicted octanol–water partition coefficient (Wildman–Crippen LogP) is 2.03. The van der Waals surface area contributed by atoms with Gasteiger partial charge < -0.3 is 19.5 Å². The van der Waals surface area contributed by atoms with E-state index < -0.39 is 0 Å². The molecule has 6 heteroatoms. The Bertz CT molecular complexity index is 623. The molecule has 2 aromatic rings. The van der Waals surface area contributed by atoms with E-state index in [-0.39, 0.29) is 11.6 Å². The van der Waals surface area contributed by atoms with Crippen molar-refractivity contribution in [2.24, 2.45) is 0 Å². The van der Waals surface area contributed by atoms with Gasteiger partial charge in [-0.2, -0.15) is 0 Å². The van der Waals surface area contributed by atoms with E-state index in [1.807, 2.05) is 38.4 Å². The van der Waals surface area contributed by atoms with Crippen LogP contribution in [0.25, 0.3) is 11.3 Å². The Hall–Kier alpha value is -2.34. The molecule has 0 saturated carbocycles. The second-order valence-corrected chi connectivity index (χ2v) is 5.22. The molecule has 0 aliphatic heterocycles. The van der Waals surface area contributed by atoms with Crippen molar-refractivity contribution >= 4 is 5.91 Å². The minimum absolute atomic E-state index is 0.225. The third kappa shape index (κ3) is 4.33. The van der Waals surface area contributed by atoms with Crippen LogP contribution < -0.4 is 10.1 Å². The Balaban J connectivity index is 1.97. The fourth-order valence-corrected chi connectivity index (χ4v) is 1.98. The summed E-state index contributed by atoms with van der Waals surface area (Å²) in [6.07, 6.45) is 0.888. The Kier molecular flexibility index (Phi) is 5.55. The molecule has 1 aromatic heterocycles. The molecule has 0 aliphatic rings. The number of rotatable bonds is 7. The molecule has 6 nitrogen and oxygen atoms in total. The number of carbonyl (C=O) groups excluding carboxylic acids is 1. The summed E-state index contributed by atoms with van der Waals surface area (Å²) >= 11 is 0. The molecule has 0 spiro atoms. The largest absolute Gasteiger partial charge is 0.497 e. The van der Waals surface area contributed by atoms with E-state index in [1.165, 1.54) is 0 Å². The van der Waals surface area contributed by atoms with Gasteiger partial charge in [0.15, 0.2) is 11.5 Å². The van der Waals surface area contributed by atoms with Gasteiger partial charge in [-0.1, -0.05) is 17.3 Å². The topological polar surface area (TPSA) is 67.6 Å². The molecule has 1 aromatic carbocycles. The lowest BCUT2D eigenvalue weighted by atomic mass is 10.1. The number of amides is 1. The summed E-state index contributed by atoms with van der Waals surface area (Å²) in [5.41, 5.74) is 1.10. The smallest absolute Gasteiger partial charge is 0.273 e. The zero-order chi connectivity index (χ0) is 15.9. The van der Waals surface area contributed by atoms with Gasteiger partial charge in [0.25, 0.3) is 5.91 Å². The van der Waals surface area contributed by atoms with E-state index in [4.69, 9.17) is 9.26 Å². The number of benzene rings is 1. The van der Waals surface area contributed by atoms with Gasteiger partial charge in [0.2, 0.25) is 0 Å². The number of hydrogen-bond acceptors (Lipinski definition) is 5. The molecular formula is C16H21N3O3. The lowest BCUT2D eigenvalue weighted by Crippen LogP contribution is -2.27. The van der Waals surface area contributed by atoms with Crippen LogP contribution in [0, 0.1) is 0 Å². The third-order valence-corrected chi connectivity index (χ3v) is 3.16. The van der Waals surface area contributed by atoms with Crippen LogP contribution >= 0.6 is 0 Å². The zero-order valence-corrected chi connectivity index (χ0v) is 13.1. The van der Waals surface area contributed by atoms with E-state index in [2.05, 4.69) is 15.4 Å². The third-order valence-electron chi connectivity index (χ3n) is 3.16. The number of nitrogens with zero attached hydrogens (tertiary/aromatic N) is 2. The first-order valence-electron chi connectivity index (χ1n) is 7.14. The first-order valence-corrected chi connectivity index (χ1v) is 7.14. The fraction of sp³-hybridized carbons (Fsp3) is 0.375. The molecule has 0 atom stereocenters. The summed E-state index contributed by atoms with van der Waals surface area (Å²) < 4.78 is 10.4. The molecule has 0 aliphatic carbocycles. The van der Waals surface area contributed by atoms with Gasteiger partial charge in [-0.15, -0.1) is 0 Å². The highest BCUT2D eigenvalue weighted by Gasteiger charge is 2.13. The Morgan fingerprint density at radius 2 is 2.18 bits per heavy atom. The standard InChI is InChI=1S/C16H21N3O3/c1-19(2)9-5-8-17-16(20)14-11-15(22-18-14)12-6-4-7-13(10-12)21-3/h4,6-7,10-11H,5,8-9H2,1-3H3,(H,17,20). The highest BCUT2D eigenvalue weighted by atomic mass is 16.5. The molecule has 118 valence electrons. The predicted molar refractivity (Wildman–Crippen MR) is 84.0 cm³/mol. The Morgan fingerprint density at radius 3 is 2.91 bits per heavy atom. The molecule has 1 amide bonds. The molecule has 2 rings (SSSR count). The van der Waals surface area contributed by atoms with Gasteiger partial charge in [0.1, 0.15) is 5.75 Å². The van der Waals surface area contributed by atoms with Crippen LogP contribution in [0.4, 0.5) is 0 Å². The van der Waals surface area contributed by atoms with Crippen LogP contribution in [-0.2, 0) is 0 Å². The quantitative estimate of drug-likeness (QED) is 0.793. The first-order chi connectivity index (χ1) is 10.6. The summed E-state index contributed by atoms with van der Waals surface area (Å²) in [6, 6.07) is 9.05. The van der Waals surface area contributed by atoms with E-state index in [0.29, 0.717) is 12.3 Å². The average Bonchev–Trinajstić information content (AvgIpc) is 3.01. The van der Waals surface area contributed by atoms with Crippen molar-refractivity contribution < 1.29 is 14.1 Å². The van der Waals surface area contributed by atoms with E-state index >= 15 is 0 Å². The van der Waals surface area contributed by atoms with Gasteiger partial charge in [0, 0.05) is 18.2 Å². The maximum atomic E-state index is 12.0. The Morgan fingerprint density at radius 1 is 1.36 bits per heavy atom. The van der Waals surface area contributed by atoms with Crippen LogP contribution in [0.5, 0.6) is 5.75 Å². The maximum absolute atomic E-state index is 12.0. The monoisotopic (exact) mass is 303 g/mol. The summed E-state index contributed by atoms with van der Waals surface area (Å²) in [7, 11) is 5.60. The molecule has 0 unspecified atom stereocenters. The summed E-state index contributed by atoms with van der Waals surface area (Å²) in [4.78, 5) is 14.1. The van der Waals surface area contributed by atoms with Gasteiger partial charge >= 0.3 is 0 Å². The van der Waals surface area contributed by atoms with E-state index in [9.17, 15) is 4.79 Å². The summed E-state index contributed by atoms with van der Waals surface area (Å²) in [5, 5.41) is 6.65. The van der Waals surface area contributed by atoms with Crippen LogP contribution in [0.15, 0.2) is 34.9 Å². The molecule has 22 heavy (non-hydrogen) atoms. The van der Waals surface area contributed by atoms with Crippen LogP contribution in [0.1, 0.15) is 16.9 Å². The molecule has 1 heterocycles. The highest BCUT2D eigenvalue weighted by Crippen LogP contribution is 2.24. The first kappa shape index (κ1) is 16.0. The number of hydrogen-bond donors (Lipinski definition) is 1. The minimum Gasteiger partial charge on any atom is -0.497 e. The maximum Gasteiger partial charge on any atom is 0.273 e. The van der Waals surface area contributed by atoms with Crippen LogP contribution in [0.3, 0.4) is 0 Å². The van der Waals surface area contributed by atoms with Crippen molar-refractivity contribution in [2.45, 2.75) is 6.42 Å². The normalized spacial score (nSPS) is 10.7. The van der Waals surface area contributed by atoms with Gasteiger partial charge in [0.05, 0.1) is 7.11 Å². The van der Waals surface area contributed by atoms with Crippen molar-refractivity contribution in [3.8, 4) is 17.1 Å². The van der Waals surface area contributed by atoms with Crippen molar-refractivity contribution in [3.05, 3.63) is 36.0 Å². The number of ether oxygens (including phenoxy) is 1. The van der Waals surface area contributed by atoms with Crippen molar-refractivity contribution in [1.29, 1.82) is 0 Å². The molecule has 0 saturated heterocycles. The van der Waals surface area contributed by atoms with Crippen LogP contribution in [-0.4, -0.2) is 50.3 Å². The van der Waals surface area contributed by atoms with E-state index in [0.717, 1.165) is 24.3 Å². The lowest BCUT2D eigenvalue weighted by molar-refractivity contribution is 0.0943. The van der Waals surface area contributed by atoms with Gasteiger partial charge in [-0.25, -0.2) is 0 Å². The van der Waals surface area contributed by atoms with Gasteiger partial charge in [-0.05, 0) is 39.2 Å². The van der Waals surface area contributed by atoms with Gasteiger partial charge in [-0.3, -0.25) is 4.79 Å². The molecule has 0 bridgehead atoms. The van der Waals surface area contributed by atoms with Crippen molar-refractivity contribution in [1.82, 2.24) is 15.4 Å². The SMILES string of the molecule is COc1cccc(-c2cc(C(=O)NCCCN(C)C)no2)c1. The lowest BCUT2D eigenvalue weighted by Gasteiger charge is -2.08. The number of nitrogens with one attached hydrogen (secondary N) is 1. The highest BCUT2D eigenvalue weighted by molar-refractivity contribution is 5.93. The second-order valence-electron chi connectivity index (χ2n) is 5.22. The average molecular weight is 303 g/mol.